The van der Waals surface area contributed by atoms with Crippen molar-refractivity contribution in [3.63, 3.8) is 0 Å². The molecule has 1 fully saturated rings. The molecule has 4 aromatic rings. The molecule has 13 heteroatoms. The van der Waals surface area contributed by atoms with Crippen molar-refractivity contribution in [2.24, 2.45) is 0 Å². The smallest absolute Gasteiger partial charge is 0.410 e. The second-order valence-electron chi connectivity index (χ2n) is 12.1. The molecular weight excluding hydrogens is 604 g/mol. The number of aliphatic hydroxyl groups is 1. The summed E-state index contributed by atoms with van der Waals surface area (Å²) in [7, 11) is 0. The van der Waals surface area contributed by atoms with E-state index in [1.54, 1.807) is 34.6 Å². The molecule has 5 rings (SSSR count). The highest BCUT2D eigenvalue weighted by Crippen LogP contribution is 2.37. The first-order valence-corrected chi connectivity index (χ1v) is 14.7. The van der Waals surface area contributed by atoms with Crippen molar-refractivity contribution in [3.05, 3.63) is 76.0 Å². The number of nitrogens with one attached hydrogen (secondary N) is 1. The van der Waals surface area contributed by atoms with Gasteiger partial charge in [0.2, 0.25) is 0 Å². The van der Waals surface area contributed by atoms with Crippen LogP contribution in [0.5, 0.6) is 0 Å². The van der Waals surface area contributed by atoms with E-state index >= 15 is 4.39 Å². The summed E-state index contributed by atoms with van der Waals surface area (Å²) in [4.78, 5) is 31.6. The molecule has 2 N–H and O–H groups in total. The van der Waals surface area contributed by atoms with Gasteiger partial charge >= 0.3 is 6.09 Å². The van der Waals surface area contributed by atoms with Gasteiger partial charge in [-0.3, -0.25) is 0 Å². The Bertz CT molecular complexity index is 1820. The number of anilines is 1. The van der Waals surface area contributed by atoms with E-state index < -0.39 is 35.0 Å². The van der Waals surface area contributed by atoms with E-state index in [4.69, 9.17) is 16.3 Å². The van der Waals surface area contributed by atoms with Crippen LogP contribution in [0, 0.1) is 29.9 Å². The van der Waals surface area contributed by atoms with E-state index in [1.165, 1.54) is 41.6 Å². The zero-order valence-corrected chi connectivity index (χ0v) is 26.2. The standard InChI is InChI=1S/C32H32ClF2N7O3/c1-17(21-12-19(14-36)6-7-22(21)34)40-28-25(33)18(2)39-24-13-23(35)26(41-27(24)28)20-15-37-29(38-16-20)32(44)8-10-42(11-9-32)30(43)45-31(3,4)5/h6-7,12-13,15-17,44H,8-11H2,1-5H3,(H,39,40)/t17-/m1/s1. The molecule has 234 valence electrons. The number of nitriles is 1. The van der Waals surface area contributed by atoms with Gasteiger partial charge in [-0.05, 0) is 52.8 Å². The predicted molar refractivity (Wildman–Crippen MR) is 164 cm³/mol. The monoisotopic (exact) mass is 635 g/mol. The van der Waals surface area contributed by atoms with Crippen LogP contribution < -0.4 is 5.32 Å². The van der Waals surface area contributed by atoms with E-state index in [0.29, 0.717) is 16.9 Å². The quantitative estimate of drug-likeness (QED) is 0.249. The zero-order chi connectivity index (χ0) is 32.7. The lowest BCUT2D eigenvalue weighted by molar-refractivity contribution is -0.0409. The first-order chi connectivity index (χ1) is 21.2. The van der Waals surface area contributed by atoms with Gasteiger partial charge in [-0.2, -0.15) is 5.26 Å². The number of likely N-dealkylation sites (tertiary alicyclic amines) is 1. The van der Waals surface area contributed by atoms with Crippen LogP contribution in [0.2, 0.25) is 5.02 Å². The Hall–Kier alpha value is -4.47. The van der Waals surface area contributed by atoms with Crippen LogP contribution in [0.3, 0.4) is 0 Å². The number of halogens is 3. The fraction of sp³-hybridized carbons (Fsp3) is 0.375. The molecule has 0 bridgehead atoms. The number of hydrogen-bond donors (Lipinski definition) is 2. The first kappa shape index (κ1) is 31.9. The summed E-state index contributed by atoms with van der Waals surface area (Å²) in [6.07, 6.45) is 2.69. The van der Waals surface area contributed by atoms with Gasteiger partial charge in [0.05, 0.1) is 39.6 Å². The number of carbonyl (C=O) groups is 1. The minimum absolute atomic E-state index is 0.0733. The minimum atomic E-state index is -1.38. The molecule has 4 heterocycles. The Balaban J connectivity index is 1.43. The number of nitrogens with zero attached hydrogens (tertiary/aromatic N) is 6. The SMILES string of the molecule is Cc1nc2cc(F)c(-c3cnc(C4(O)CCN(C(=O)OC(C)(C)C)CC4)nc3)nc2c(N[C@H](C)c2cc(C#N)ccc2F)c1Cl. The number of hydrogen-bond acceptors (Lipinski definition) is 9. The minimum Gasteiger partial charge on any atom is -0.444 e. The molecule has 1 aliphatic rings. The normalized spacial score (nSPS) is 15.4. The van der Waals surface area contributed by atoms with Gasteiger partial charge in [0.15, 0.2) is 11.6 Å². The van der Waals surface area contributed by atoms with E-state index in [9.17, 15) is 19.6 Å². The van der Waals surface area contributed by atoms with Crippen molar-refractivity contribution in [1.29, 1.82) is 5.26 Å². The molecule has 0 spiro atoms. The van der Waals surface area contributed by atoms with Crippen molar-refractivity contribution < 1.29 is 23.4 Å². The Labute approximate surface area is 264 Å². The van der Waals surface area contributed by atoms with Crippen molar-refractivity contribution in [3.8, 4) is 17.3 Å². The van der Waals surface area contributed by atoms with Crippen LogP contribution in [0.25, 0.3) is 22.3 Å². The highest BCUT2D eigenvalue weighted by molar-refractivity contribution is 6.35. The van der Waals surface area contributed by atoms with E-state index in [2.05, 4.69) is 25.3 Å². The number of carbonyl (C=O) groups excluding carboxylic acids is 1. The Morgan fingerprint density at radius 2 is 1.82 bits per heavy atom. The number of pyridine rings is 2. The summed E-state index contributed by atoms with van der Waals surface area (Å²) in [5.74, 6) is -1.03. The summed E-state index contributed by atoms with van der Waals surface area (Å²) < 4.78 is 35.5. The van der Waals surface area contributed by atoms with Gasteiger partial charge in [0, 0.05) is 55.5 Å². The number of rotatable bonds is 5. The molecule has 1 aromatic carbocycles. The fourth-order valence-electron chi connectivity index (χ4n) is 5.14. The fourth-order valence-corrected chi connectivity index (χ4v) is 5.32. The molecule has 1 aliphatic heterocycles. The lowest BCUT2D eigenvalue weighted by Gasteiger charge is -2.37. The molecule has 0 radical (unpaired) electrons. The second kappa shape index (κ2) is 12.1. The van der Waals surface area contributed by atoms with Gasteiger partial charge in [0.25, 0.3) is 0 Å². The number of fused-ring (bicyclic) bond motifs is 1. The van der Waals surface area contributed by atoms with Crippen LogP contribution in [-0.4, -0.2) is 54.7 Å². The van der Waals surface area contributed by atoms with Gasteiger partial charge < -0.3 is 20.1 Å². The Morgan fingerprint density at radius 1 is 1.16 bits per heavy atom. The van der Waals surface area contributed by atoms with Crippen LogP contribution in [0.15, 0.2) is 36.7 Å². The average Bonchev–Trinajstić information content (AvgIpc) is 2.99. The van der Waals surface area contributed by atoms with E-state index in [0.717, 1.165) is 0 Å². The summed E-state index contributed by atoms with van der Waals surface area (Å²) in [5, 5.41) is 24.0. The maximum atomic E-state index is 15.4. The predicted octanol–water partition coefficient (Wildman–Crippen LogP) is 6.59. The highest BCUT2D eigenvalue weighted by Gasteiger charge is 2.39. The summed E-state index contributed by atoms with van der Waals surface area (Å²) in [6, 6.07) is 6.65. The zero-order valence-electron chi connectivity index (χ0n) is 25.5. The van der Waals surface area contributed by atoms with Crippen LogP contribution in [0.4, 0.5) is 19.3 Å². The van der Waals surface area contributed by atoms with Crippen molar-refractivity contribution >= 4 is 34.4 Å². The summed E-state index contributed by atoms with van der Waals surface area (Å²) in [6.45, 7) is 9.24. The third-order valence-corrected chi connectivity index (χ3v) is 8.02. The first-order valence-electron chi connectivity index (χ1n) is 14.3. The maximum absolute atomic E-state index is 15.4. The van der Waals surface area contributed by atoms with E-state index in [1.807, 2.05) is 6.07 Å². The van der Waals surface area contributed by atoms with Gasteiger partial charge in [-0.15, -0.1) is 0 Å². The van der Waals surface area contributed by atoms with Gasteiger partial charge in [-0.1, -0.05) is 11.6 Å². The summed E-state index contributed by atoms with van der Waals surface area (Å²) >= 11 is 6.63. The topological polar surface area (TPSA) is 137 Å². The molecule has 0 aliphatic carbocycles. The van der Waals surface area contributed by atoms with Gasteiger partial charge in [0.1, 0.15) is 28.2 Å². The summed E-state index contributed by atoms with van der Waals surface area (Å²) in [5.41, 5.74) is -0.103. The van der Waals surface area contributed by atoms with Crippen LogP contribution in [0.1, 0.15) is 69.2 Å². The largest absolute Gasteiger partial charge is 0.444 e. The number of piperidine rings is 1. The molecule has 10 nitrogen and oxygen atoms in total. The number of benzene rings is 1. The third-order valence-electron chi connectivity index (χ3n) is 7.55. The van der Waals surface area contributed by atoms with Crippen molar-refractivity contribution in [2.75, 3.05) is 18.4 Å². The maximum Gasteiger partial charge on any atom is 0.410 e. The molecule has 1 amide bonds. The highest BCUT2D eigenvalue weighted by atomic mass is 35.5. The Kier molecular flexibility index (Phi) is 8.62. The number of amides is 1. The van der Waals surface area contributed by atoms with Gasteiger partial charge in [-0.25, -0.2) is 33.5 Å². The third kappa shape index (κ3) is 6.65. The lowest BCUT2D eigenvalue weighted by atomic mass is 9.90. The molecular formula is C32H32ClF2N7O3. The van der Waals surface area contributed by atoms with Crippen LogP contribution in [-0.2, 0) is 10.3 Å². The molecule has 1 saturated heterocycles. The molecule has 0 unspecified atom stereocenters. The van der Waals surface area contributed by atoms with Crippen LogP contribution >= 0.6 is 11.6 Å². The molecule has 3 aromatic heterocycles. The Morgan fingerprint density at radius 3 is 2.44 bits per heavy atom. The van der Waals surface area contributed by atoms with Crippen molar-refractivity contribution in [2.45, 2.75) is 64.7 Å². The lowest BCUT2D eigenvalue weighted by Crippen LogP contribution is -2.47. The average molecular weight is 636 g/mol. The molecule has 45 heavy (non-hydrogen) atoms. The number of ether oxygens (including phenoxy) is 1. The molecule has 1 atom stereocenters. The van der Waals surface area contributed by atoms with E-state index in [-0.39, 0.29) is 64.6 Å². The van der Waals surface area contributed by atoms with Crippen molar-refractivity contribution in [1.82, 2.24) is 24.8 Å². The molecule has 0 saturated carbocycles. The number of aromatic nitrogens is 4. The number of aryl methyl sites for hydroxylation is 1. The second-order valence-corrected chi connectivity index (χ2v) is 12.5.